The maximum atomic E-state index is 5.48. The summed E-state index contributed by atoms with van der Waals surface area (Å²) < 4.78 is 10.4. The number of allylic oxidation sites excluding steroid dienone is 1. The molecule has 2 nitrogen and oxygen atoms in total. The van der Waals surface area contributed by atoms with Gasteiger partial charge in [0.25, 0.3) is 0 Å². The highest BCUT2D eigenvalue weighted by Gasteiger charge is 2.19. The molecule has 1 unspecified atom stereocenters. The van der Waals surface area contributed by atoms with Crippen molar-refractivity contribution in [3.63, 3.8) is 0 Å². The first kappa shape index (κ1) is 12.3. The van der Waals surface area contributed by atoms with E-state index in [2.05, 4.69) is 36.4 Å². The van der Waals surface area contributed by atoms with Crippen LogP contribution in [-0.4, -0.2) is 20.5 Å². The summed E-state index contributed by atoms with van der Waals surface area (Å²) in [4.78, 5) is 0. The van der Waals surface area contributed by atoms with Crippen LogP contribution in [-0.2, 0) is 9.47 Å². The second-order valence-corrected chi connectivity index (χ2v) is 4.43. The third kappa shape index (κ3) is 3.42. The van der Waals surface area contributed by atoms with Crippen molar-refractivity contribution in [3.8, 4) is 0 Å². The van der Waals surface area contributed by atoms with Crippen molar-refractivity contribution < 1.29 is 9.47 Å². The van der Waals surface area contributed by atoms with Crippen molar-refractivity contribution in [1.82, 2.24) is 0 Å². The summed E-state index contributed by atoms with van der Waals surface area (Å²) >= 11 is 0. The minimum absolute atomic E-state index is 0.374. The van der Waals surface area contributed by atoms with Gasteiger partial charge in [-0.05, 0) is 30.4 Å². The van der Waals surface area contributed by atoms with Gasteiger partial charge < -0.3 is 9.47 Å². The van der Waals surface area contributed by atoms with Gasteiger partial charge in [0.05, 0.1) is 6.61 Å². The van der Waals surface area contributed by atoms with Crippen molar-refractivity contribution in [2.24, 2.45) is 0 Å². The summed E-state index contributed by atoms with van der Waals surface area (Å²) in [6.07, 6.45) is 6.01. The van der Waals surface area contributed by atoms with E-state index in [9.17, 15) is 0 Å². The Morgan fingerprint density at radius 2 is 2.06 bits per heavy atom. The molecule has 1 atom stereocenters. The molecule has 0 N–H and O–H groups in total. The third-order valence-electron chi connectivity index (χ3n) is 3.22. The molecule has 2 rings (SSSR count). The molecule has 1 aromatic rings. The molecule has 0 saturated heterocycles. The van der Waals surface area contributed by atoms with E-state index in [1.165, 1.54) is 30.4 Å². The predicted molar refractivity (Wildman–Crippen MR) is 68.9 cm³/mol. The lowest BCUT2D eigenvalue weighted by Crippen LogP contribution is -2.12. The second-order valence-electron chi connectivity index (χ2n) is 4.43. The Hall–Kier alpha value is -1.12. The van der Waals surface area contributed by atoms with Crippen LogP contribution in [0.5, 0.6) is 0 Å². The maximum Gasteiger partial charge on any atom is 0.146 e. The number of hydrogen-bond donors (Lipinski definition) is 0. The summed E-state index contributed by atoms with van der Waals surface area (Å²) in [6.45, 7) is 1.06. The van der Waals surface area contributed by atoms with Gasteiger partial charge in [-0.1, -0.05) is 36.4 Å². The summed E-state index contributed by atoms with van der Waals surface area (Å²) in [7, 11) is 1.66. The molecule has 0 aromatic heterocycles. The fourth-order valence-electron chi connectivity index (χ4n) is 2.41. The van der Waals surface area contributed by atoms with Crippen molar-refractivity contribution in [3.05, 3.63) is 47.5 Å². The van der Waals surface area contributed by atoms with Crippen LogP contribution in [0.3, 0.4) is 0 Å². The lowest BCUT2D eigenvalue weighted by atomic mass is 9.83. The molecular weight excluding hydrogens is 212 g/mol. The number of benzene rings is 1. The maximum absolute atomic E-state index is 5.48. The van der Waals surface area contributed by atoms with Crippen molar-refractivity contribution in [2.75, 3.05) is 20.5 Å². The number of rotatable bonds is 5. The molecule has 0 amide bonds. The van der Waals surface area contributed by atoms with E-state index in [-0.39, 0.29) is 0 Å². The average molecular weight is 232 g/mol. The van der Waals surface area contributed by atoms with Crippen LogP contribution in [0.4, 0.5) is 0 Å². The van der Waals surface area contributed by atoms with Gasteiger partial charge >= 0.3 is 0 Å². The molecule has 0 radical (unpaired) electrons. The topological polar surface area (TPSA) is 18.5 Å². The lowest BCUT2D eigenvalue weighted by molar-refractivity contribution is -0.0225. The van der Waals surface area contributed by atoms with E-state index in [0.29, 0.717) is 19.3 Å². The average Bonchev–Trinajstić information content (AvgIpc) is 2.41. The van der Waals surface area contributed by atoms with Crippen LogP contribution in [0.15, 0.2) is 42.0 Å². The van der Waals surface area contributed by atoms with Crippen LogP contribution in [0.2, 0.25) is 0 Å². The lowest BCUT2D eigenvalue weighted by Gasteiger charge is -2.24. The highest BCUT2D eigenvalue weighted by Crippen LogP contribution is 2.33. The quantitative estimate of drug-likeness (QED) is 0.439. The van der Waals surface area contributed by atoms with E-state index < -0.39 is 0 Å². The van der Waals surface area contributed by atoms with Gasteiger partial charge in [0.2, 0.25) is 0 Å². The van der Waals surface area contributed by atoms with E-state index in [0.717, 1.165) is 0 Å². The largest absolute Gasteiger partial charge is 0.359 e. The molecule has 17 heavy (non-hydrogen) atoms. The van der Waals surface area contributed by atoms with Crippen LogP contribution in [0.1, 0.15) is 30.7 Å². The Balaban J connectivity index is 2.04. The smallest absolute Gasteiger partial charge is 0.146 e. The fourth-order valence-corrected chi connectivity index (χ4v) is 2.41. The van der Waals surface area contributed by atoms with Gasteiger partial charge in [0.15, 0.2) is 0 Å². The molecule has 0 aliphatic heterocycles. The molecule has 92 valence electrons. The number of methoxy groups -OCH3 is 1. The van der Waals surface area contributed by atoms with Crippen LogP contribution < -0.4 is 0 Å². The van der Waals surface area contributed by atoms with Crippen molar-refractivity contribution >= 4 is 0 Å². The van der Waals surface area contributed by atoms with Gasteiger partial charge in [-0.25, -0.2) is 0 Å². The highest BCUT2D eigenvalue weighted by molar-refractivity contribution is 5.30. The molecule has 1 aromatic carbocycles. The van der Waals surface area contributed by atoms with E-state index in [4.69, 9.17) is 9.47 Å². The number of hydrogen-bond acceptors (Lipinski definition) is 2. The SMILES string of the molecule is COCOCC1=CCCCC1c1ccccc1. The first-order valence-electron chi connectivity index (χ1n) is 6.22. The Morgan fingerprint density at radius 3 is 2.82 bits per heavy atom. The molecule has 1 aliphatic carbocycles. The molecule has 0 heterocycles. The second kappa shape index (κ2) is 6.58. The molecular formula is C15H20O2. The summed E-state index contributed by atoms with van der Waals surface area (Å²) in [5.74, 6) is 0.529. The van der Waals surface area contributed by atoms with Crippen molar-refractivity contribution in [1.29, 1.82) is 0 Å². The van der Waals surface area contributed by atoms with Gasteiger partial charge in [-0.3, -0.25) is 0 Å². The molecule has 0 spiro atoms. The van der Waals surface area contributed by atoms with E-state index >= 15 is 0 Å². The Morgan fingerprint density at radius 1 is 1.24 bits per heavy atom. The summed E-state index contributed by atoms with van der Waals surface area (Å²) in [5, 5.41) is 0. The van der Waals surface area contributed by atoms with E-state index in [1.807, 2.05) is 0 Å². The fraction of sp³-hybridized carbons (Fsp3) is 0.467. The van der Waals surface area contributed by atoms with Crippen LogP contribution in [0.25, 0.3) is 0 Å². The minimum Gasteiger partial charge on any atom is -0.359 e. The van der Waals surface area contributed by atoms with Crippen molar-refractivity contribution in [2.45, 2.75) is 25.2 Å². The predicted octanol–water partition coefficient (Wildman–Crippen LogP) is 3.50. The number of ether oxygens (including phenoxy) is 2. The first-order chi connectivity index (χ1) is 8.42. The standard InChI is InChI=1S/C15H20O2/c1-16-12-17-11-14-9-5-6-10-15(14)13-7-3-2-4-8-13/h2-4,7-9,15H,5-6,10-12H2,1H3. The van der Waals surface area contributed by atoms with Gasteiger partial charge in [-0.2, -0.15) is 0 Å². The molecule has 0 bridgehead atoms. The highest BCUT2D eigenvalue weighted by atomic mass is 16.7. The van der Waals surface area contributed by atoms with E-state index in [1.54, 1.807) is 7.11 Å². The zero-order valence-electron chi connectivity index (χ0n) is 10.4. The zero-order valence-corrected chi connectivity index (χ0v) is 10.4. The normalized spacial score (nSPS) is 20.1. The molecule has 0 saturated carbocycles. The van der Waals surface area contributed by atoms with Crippen LogP contribution >= 0.6 is 0 Å². The van der Waals surface area contributed by atoms with Gasteiger partial charge in [-0.15, -0.1) is 0 Å². The summed E-state index contributed by atoms with van der Waals surface area (Å²) in [6, 6.07) is 10.7. The minimum atomic E-state index is 0.374. The first-order valence-corrected chi connectivity index (χ1v) is 6.22. The van der Waals surface area contributed by atoms with Gasteiger partial charge in [0.1, 0.15) is 6.79 Å². The molecule has 2 heteroatoms. The summed E-state index contributed by atoms with van der Waals surface area (Å²) in [5.41, 5.74) is 2.80. The Kier molecular flexibility index (Phi) is 4.77. The molecule has 0 fully saturated rings. The van der Waals surface area contributed by atoms with Crippen LogP contribution in [0, 0.1) is 0 Å². The zero-order chi connectivity index (χ0) is 11.9. The Bertz CT molecular complexity index is 356. The third-order valence-corrected chi connectivity index (χ3v) is 3.22. The molecule has 1 aliphatic rings. The monoisotopic (exact) mass is 232 g/mol. The van der Waals surface area contributed by atoms with Gasteiger partial charge in [0, 0.05) is 13.0 Å². The Labute approximate surface area is 103 Å².